The summed E-state index contributed by atoms with van der Waals surface area (Å²) in [6.07, 6.45) is 2.80. The van der Waals surface area contributed by atoms with Gasteiger partial charge in [-0.05, 0) is 74.5 Å². The SMILES string of the molecule is COc1ccccc1C1CCN(C(=O)C2(NC(=O)CSc3ccc(F)cc3Cl)CCNCC2)CC1. The van der Waals surface area contributed by atoms with Gasteiger partial charge >= 0.3 is 0 Å². The second-order valence-electron chi connectivity index (χ2n) is 9.05. The lowest BCUT2D eigenvalue weighted by Gasteiger charge is -2.42. The Labute approximate surface area is 214 Å². The number of benzene rings is 2. The quantitative estimate of drug-likeness (QED) is 0.536. The van der Waals surface area contributed by atoms with Gasteiger partial charge in [-0.15, -0.1) is 11.8 Å². The number of nitrogens with zero attached hydrogens (tertiary/aromatic N) is 1. The molecule has 35 heavy (non-hydrogen) atoms. The molecule has 2 N–H and O–H groups in total. The standard InChI is InChI=1S/C26H31ClFN3O3S/c1-34-22-5-3-2-4-20(22)18-8-14-31(15-9-18)25(33)26(10-12-29-13-11-26)30-24(32)17-35-23-7-6-19(28)16-21(23)27/h2-7,16,18,29H,8-15,17H2,1H3,(H,30,32). The van der Waals surface area contributed by atoms with Crippen LogP contribution in [0.3, 0.4) is 0 Å². The van der Waals surface area contributed by atoms with Crippen molar-refractivity contribution < 1.29 is 18.7 Å². The van der Waals surface area contributed by atoms with Crippen LogP contribution in [-0.4, -0.2) is 61.3 Å². The molecule has 2 aromatic rings. The van der Waals surface area contributed by atoms with E-state index in [-0.39, 0.29) is 22.6 Å². The van der Waals surface area contributed by atoms with Gasteiger partial charge in [0, 0.05) is 18.0 Å². The van der Waals surface area contributed by atoms with Crippen molar-refractivity contribution in [1.29, 1.82) is 0 Å². The Morgan fingerprint density at radius 2 is 1.91 bits per heavy atom. The van der Waals surface area contributed by atoms with Gasteiger partial charge in [-0.1, -0.05) is 29.8 Å². The van der Waals surface area contributed by atoms with Gasteiger partial charge in [-0.2, -0.15) is 0 Å². The summed E-state index contributed by atoms with van der Waals surface area (Å²) in [6.45, 7) is 2.63. The van der Waals surface area contributed by atoms with Gasteiger partial charge in [0.2, 0.25) is 11.8 Å². The van der Waals surface area contributed by atoms with Crippen LogP contribution in [0.15, 0.2) is 47.4 Å². The van der Waals surface area contributed by atoms with Crippen LogP contribution < -0.4 is 15.4 Å². The maximum atomic E-state index is 13.7. The minimum Gasteiger partial charge on any atom is -0.496 e. The van der Waals surface area contributed by atoms with Crippen LogP contribution in [0, 0.1) is 5.82 Å². The number of thioether (sulfide) groups is 1. The molecule has 188 valence electrons. The zero-order valence-corrected chi connectivity index (χ0v) is 21.4. The van der Waals surface area contributed by atoms with Crippen LogP contribution in [0.25, 0.3) is 0 Å². The first-order chi connectivity index (χ1) is 16.9. The van der Waals surface area contributed by atoms with Gasteiger partial charge in [0.05, 0.1) is 17.9 Å². The molecule has 2 fully saturated rings. The second kappa shape index (κ2) is 11.6. The van der Waals surface area contributed by atoms with E-state index in [1.54, 1.807) is 13.2 Å². The molecule has 9 heteroatoms. The number of carbonyl (C=O) groups excluding carboxylic acids is 2. The largest absolute Gasteiger partial charge is 0.496 e. The monoisotopic (exact) mass is 519 g/mol. The molecule has 2 saturated heterocycles. The third-order valence-corrected chi connectivity index (χ3v) is 8.36. The lowest BCUT2D eigenvalue weighted by molar-refractivity contribution is -0.143. The fourth-order valence-corrected chi connectivity index (χ4v) is 6.04. The van der Waals surface area contributed by atoms with Crippen LogP contribution in [0.4, 0.5) is 4.39 Å². The minimum absolute atomic E-state index is 0.00404. The number of hydrogen-bond acceptors (Lipinski definition) is 5. The summed E-state index contributed by atoms with van der Waals surface area (Å²) < 4.78 is 18.8. The minimum atomic E-state index is -0.910. The zero-order valence-electron chi connectivity index (χ0n) is 19.8. The zero-order chi connectivity index (χ0) is 24.8. The third kappa shape index (κ3) is 6.11. The fraction of sp³-hybridized carbons (Fsp3) is 0.462. The maximum Gasteiger partial charge on any atom is 0.248 e. The van der Waals surface area contributed by atoms with E-state index in [0.29, 0.717) is 49.8 Å². The van der Waals surface area contributed by atoms with Crippen molar-refractivity contribution in [2.24, 2.45) is 0 Å². The average molecular weight is 520 g/mol. The molecular formula is C26H31ClFN3O3S. The number of para-hydroxylation sites is 1. The number of hydrogen-bond donors (Lipinski definition) is 2. The molecule has 2 aliphatic rings. The summed E-state index contributed by atoms with van der Waals surface area (Å²) in [5, 5.41) is 6.62. The Morgan fingerprint density at radius 1 is 1.20 bits per heavy atom. The molecule has 2 aliphatic heterocycles. The molecule has 2 aromatic carbocycles. The van der Waals surface area contributed by atoms with Gasteiger partial charge in [0.15, 0.2) is 0 Å². The van der Waals surface area contributed by atoms with Crippen LogP contribution in [0.2, 0.25) is 5.02 Å². The summed E-state index contributed by atoms with van der Waals surface area (Å²) in [6, 6.07) is 12.2. The van der Waals surface area contributed by atoms with Crippen molar-refractivity contribution in [3.05, 3.63) is 58.9 Å². The Bertz CT molecular complexity index is 1060. The molecule has 0 unspecified atom stereocenters. The number of nitrogens with one attached hydrogen (secondary N) is 2. The second-order valence-corrected chi connectivity index (χ2v) is 10.5. The van der Waals surface area contributed by atoms with Crippen molar-refractivity contribution in [2.75, 3.05) is 39.0 Å². The number of rotatable bonds is 7. The summed E-state index contributed by atoms with van der Waals surface area (Å²) in [5.74, 6) is 0.676. The van der Waals surface area contributed by atoms with Gasteiger partial charge in [0.25, 0.3) is 0 Å². The molecule has 0 radical (unpaired) electrons. The van der Waals surface area contributed by atoms with Gasteiger partial charge < -0.3 is 20.3 Å². The Morgan fingerprint density at radius 3 is 2.60 bits per heavy atom. The van der Waals surface area contributed by atoms with E-state index in [9.17, 15) is 14.0 Å². The highest BCUT2D eigenvalue weighted by Gasteiger charge is 2.44. The summed E-state index contributed by atoms with van der Waals surface area (Å²) >= 11 is 7.33. The molecule has 0 aromatic heterocycles. The summed E-state index contributed by atoms with van der Waals surface area (Å²) in [7, 11) is 1.68. The third-order valence-electron chi connectivity index (χ3n) is 6.86. The number of carbonyl (C=O) groups is 2. The van der Waals surface area contributed by atoms with Crippen LogP contribution >= 0.6 is 23.4 Å². The maximum absolute atomic E-state index is 13.7. The number of piperidine rings is 2. The topological polar surface area (TPSA) is 70.7 Å². The van der Waals surface area contributed by atoms with E-state index in [4.69, 9.17) is 16.3 Å². The lowest BCUT2D eigenvalue weighted by atomic mass is 9.84. The molecule has 0 spiro atoms. The predicted octanol–water partition coefficient (Wildman–Crippen LogP) is 4.22. The van der Waals surface area contributed by atoms with E-state index >= 15 is 0 Å². The highest BCUT2D eigenvalue weighted by molar-refractivity contribution is 8.00. The number of ether oxygens (including phenoxy) is 1. The van der Waals surface area contributed by atoms with Gasteiger partial charge in [-0.3, -0.25) is 9.59 Å². The molecular weight excluding hydrogens is 489 g/mol. The predicted molar refractivity (Wildman–Crippen MR) is 137 cm³/mol. The van der Waals surface area contributed by atoms with E-state index in [2.05, 4.69) is 16.7 Å². The Hall–Kier alpha value is -2.29. The molecule has 4 rings (SSSR count). The highest BCUT2D eigenvalue weighted by Crippen LogP contribution is 2.35. The van der Waals surface area contributed by atoms with Crippen molar-refractivity contribution in [3.8, 4) is 5.75 Å². The molecule has 0 bridgehead atoms. The van der Waals surface area contributed by atoms with Gasteiger partial charge in [0.1, 0.15) is 17.1 Å². The smallest absolute Gasteiger partial charge is 0.248 e. The molecule has 0 atom stereocenters. The van der Waals surface area contributed by atoms with Crippen molar-refractivity contribution in [2.45, 2.75) is 42.0 Å². The average Bonchev–Trinajstić information content (AvgIpc) is 2.88. The van der Waals surface area contributed by atoms with Crippen LogP contribution in [0.1, 0.15) is 37.2 Å². The van der Waals surface area contributed by atoms with E-state index in [0.717, 1.165) is 18.6 Å². The fourth-order valence-electron chi connectivity index (χ4n) is 4.98. The van der Waals surface area contributed by atoms with Crippen LogP contribution in [-0.2, 0) is 9.59 Å². The Kier molecular flexibility index (Phi) is 8.57. The summed E-state index contributed by atoms with van der Waals surface area (Å²) in [4.78, 5) is 29.2. The lowest BCUT2D eigenvalue weighted by Crippen LogP contribution is -2.64. The number of amides is 2. The Balaban J connectivity index is 1.39. The number of halogens is 2. The normalized spacial score (nSPS) is 18.2. The van der Waals surface area contributed by atoms with Crippen LogP contribution in [0.5, 0.6) is 5.75 Å². The molecule has 2 amide bonds. The first-order valence-electron chi connectivity index (χ1n) is 11.9. The molecule has 0 aliphatic carbocycles. The molecule has 6 nitrogen and oxygen atoms in total. The van der Waals surface area contributed by atoms with Crippen molar-refractivity contribution in [1.82, 2.24) is 15.5 Å². The molecule has 0 saturated carbocycles. The van der Waals surface area contributed by atoms with Gasteiger partial charge in [-0.25, -0.2) is 4.39 Å². The first-order valence-corrected chi connectivity index (χ1v) is 13.3. The van der Waals surface area contributed by atoms with Crippen molar-refractivity contribution in [3.63, 3.8) is 0 Å². The molecule has 2 heterocycles. The number of methoxy groups -OCH3 is 1. The summed E-state index contributed by atoms with van der Waals surface area (Å²) in [5.41, 5.74) is 0.274. The van der Waals surface area contributed by atoms with Crippen molar-refractivity contribution >= 4 is 35.2 Å². The first kappa shape index (κ1) is 25.8. The van der Waals surface area contributed by atoms with E-state index < -0.39 is 11.4 Å². The van der Waals surface area contributed by atoms with E-state index in [1.807, 2.05) is 23.1 Å². The number of likely N-dealkylation sites (tertiary alicyclic amines) is 1. The van der Waals surface area contributed by atoms with E-state index in [1.165, 1.54) is 29.5 Å². The highest BCUT2D eigenvalue weighted by atomic mass is 35.5.